The van der Waals surface area contributed by atoms with Gasteiger partial charge in [0.1, 0.15) is 4.90 Å². The first-order valence-electron chi connectivity index (χ1n) is 11.4. The van der Waals surface area contributed by atoms with Gasteiger partial charge in [-0.05, 0) is 60.9 Å². The topological polar surface area (TPSA) is 97.3 Å². The zero-order valence-corrected chi connectivity index (χ0v) is 22.7. The van der Waals surface area contributed by atoms with Gasteiger partial charge in [0, 0.05) is 11.6 Å². The Hall–Kier alpha value is -3.11. The lowest BCUT2D eigenvalue weighted by Gasteiger charge is -2.22. The molecule has 0 spiro atoms. The zero-order valence-electron chi connectivity index (χ0n) is 20.4. The minimum atomic E-state index is -4.14. The van der Waals surface area contributed by atoms with E-state index >= 15 is 0 Å². The molecule has 0 atom stereocenters. The number of carbonyl (C=O) groups excluding carboxylic acids is 1. The zero-order chi connectivity index (χ0) is 26.8. The Morgan fingerprint density at radius 2 is 1.81 bits per heavy atom. The molecule has 1 N–H and O–H groups in total. The molecular formula is C26H27Cl2N3O5S. The van der Waals surface area contributed by atoms with Crippen molar-refractivity contribution in [1.82, 2.24) is 9.73 Å². The van der Waals surface area contributed by atoms with E-state index in [1.165, 1.54) is 31.5 Å². The highest BCUT2D eigenvalue weighted by molar-refractivity contribution is 7.89. The van der Waals surface area contributed by atoms with Crippen LogP contribution in [0.25, 0.3) is 0 Å². The molecule has 0 aliphatic heterocycles. The number of methoxy groups -OCH3 is 1. The van der Waals surface area contributed by atoms with E-state index in [-0.39, 0.29) is 21.5 Å². The number of hydrogen-bond donors (Lipinski definition) is 1. The Kier molecular flexibility index (Phi) is 10.3. The second kappa shape index (κ2) is 13.4. The van der Waals surface area contributed by atoms with Gasteiger partial charge in [-0.3, -0.25) is 4.79 Å². The highest BCUT2D eigenvalue weighted by Crippen LogP contribution is 2.28. The van der Waals surface area contributed by atoms with Crippen molar-refractivity contribution >= 4 is 45.3 Å². The Labute approximate surface area is 226 Å². The average molecular weight is 564 g/mol. The Morgan fingerprint density at radius 3 is 2.51 bits per heavy atom. The van der Waals surface area contributed by atoms with Crippen molar-refractivity contribution in [2.24, 2.45) is 5.10 Å². The van der Waals surface area contributed by atoms with Crippen LogP contribution in [0.5, 0.6) is 11.5 Å². The quantitative estimate of drug-likeness (QED) is 0.252. The first kappa shape index (κ1) is 28.5. The molecule has 0 fully saturated rings. The Balaban J connectivity index is 1.76. The molecule has 0 unspecified atom stereocenters. The summed E-state index contributed by atoms with van der Waals surface area (Å²) >= 11 is 12.2. The van der Waals surface area contributed by atoms with Crippen molar-refractivity contribution in [1.29, 1.82) is 0 Å². The molecule has 0 aliphatic rings. The van der Waals surface area contributed by atoms with Crippen LogP contribution in [0, 0.1) is 0 Å². The number of nitrogens with zero attached hydrogens (tertiary/aromatic N) is 2. The lowest BCUT2D eigenvalue weighted by Crippen LogP contribution is -2.40. The average Bonchev–Trinajstić information content (AvgIpc) is 2.89. The number of hydrazone groups is 1. The third-order valence-electron chi connectivity index (χ3n) is 5.21. The van der Waals surface area contributed by atoms with E-state index in [0.29, 0.717) is 30.1 Å². The Morgan fingerprint density at radius 1 is 1.05 bits per heavy atom. The fraction of sp³-hybridized carbons (Fsp3) is 0.231. The van der Waals surface area contributed by atoms with Crippen LogP contribution in [-0.2, 0) is 21.2 Å². The second-order valence-corrected chi connectivity index (χ2v) is 10.5. The van der Waals surface area contributed by atoms with Crippen molar-refractivity contribution in [3.63, 3.8) is 0 Å². The van der Waals surface area contributed by atoms with Gasteiger partial charge in [0.2, 0.25) is 10.0 Å². The molecule has 3 aromatic carbocycles. The second-order valence-electron chi connectivity index (χ2n) is 7.79. The van der Waals surface area contributed by atoms with Crippen molar-refractivity contribution in [2.45, 2.75) is 18.2 Å². The number of ether oxygens (including phenoxy) is 2. The van der Waals surface area contributed by atoms with Gasteiger partial charge in [-0.1, -0.05) is 53.5 Å². The van der Waals surface area contributed by atoms with Crippen molar-refractivity contribution in [2.75, 3.05) is 26.8 Å². The van der Waals surface area contributed by atoms with E-state index in [9.17, 15) is 13.2 Å². The van der Waals surface area contributed by atoms with E-state index in [4.69, 9.17) is 32.7 Å². The van der Waals surface area contributed by atoms with Crippen molar-refractivity contribution in [3.8, 4) is 11.5 Å². The third kappa shape index (κ3) is 7.93. The maximum Gasteiger partial charge on any atom is 0.255 e. The van der Waals surface area contributed by atoms with Crippen LogP contribution in [0.1, 0.15) is 18.1 Å². The molecule has 3 rings (SSSR count). The van der Waals surface area contributed by atoms with Crippen molar-refractivity contribution in [3.05, 3.63) is 87.9 Å². The molecule has 0 saturated heterocycles. The van der Waals surface area contributed by atoms with Gasteiger partial charge in [0.25, 0.3) is 5.91 Å². The summed E-state index contributed by atoms with van der Waals surface area (Å²) in [4.78, 5) is 12.5. The van der Waals surface area contributed by atoms with E-state index in [1.807, 2.05) is 37.3 Å². The summed E-state index contributed by atoms with van der Waals surface area (Å²) in [7, 11) is -2.62. The first-order chi connectivity index (χ1) is 17.7. The lowest BCUT2D eigenvalue weighted by molar-refractivity contribution is -0.121. The third-order valence-corrected chi connectivity index (χ3v) is 7.78. The molecule has 0 radical (unpaired) electrons. The summed E-state index contributed by atoms with van der Waals surface area (Å²) in [6.45, 7) is 1.93. The molecule has 0 aromatic heterocycles. The van der Waals surface area contributed by atoms with Crippen LogP contribution < -0.4 is 14.9 Å². The van der Waals surface area contributed by atoms with Gasteiger partial charge in [0.15, 0.2) is 11.5 Å². The highest BCUT2D eigenvalue weighted by atomic mass is 35.5. The van der Waals surface area contributed by atoms with E-state index in [0.717, 1.165) is 9.87 Å². The van der Waals surface area contributed by atoms with E-state index < -0.39 is 22.5 Å². The molecule has 8 nitrogen and oxygen atoms in total. The van der Waals surface area contributed by atoms with Crippen LogP contribution in [0.4, 0.5) is 0 Å². The van der Waals surface area contributed by atoms with Crippen LogP contribution >= 0.6 is 23.2 Å². The normalized spacial score (nSPS) is 11.6. The largest absolute Gasteiger partial charge is 0.493 e. The predicted octanol–water partition coefficient (Wildman–Crippen LogP) is 4.78. The number of sulfonamides is 1. The number of hydrogen-bond acceptors (Lipinski definition) is 6. The summed E-state index contributed by atoms with van der Waals surface area (Å²) < 4.78 is 38.8. The SMILES string of the molecule is CCOc1ccc(/C=N\NC(=O)CN(CCc2ccccc2)S(=O)(=O)c2cc(Cl)ccc2Cl)cc1OC. The molecular weight excluding hydrogens is 537 g/mol. The van der Waals surface area contributed by atoms with Crippen LogP contribution in [-0.4, -0.2) is 51.7 Å². The lowest BCUT2D eigenvalue weighted by atomic mass is 10.1. The van der Waals surface area contributed by atoms with Crippen LogP contribution in [0.2, 0.25) is 10.0 Å². The minimum absolute atomic E-state index is 0.0111. The minimum Gasteiger partial charge on any atom is -0.493 e. The van der Waals surface area contributed by atoms with Gasteiger partial charge in [-0.2, -0.15) is 9.41 Å². The summed E-state index contributed by atoms with van der Waals surface area (Å²) in [6, 6.07) is 18.7. The van der Waals surface area contributed by atoms with E-state index in [1.54, 1.807) is 18.2 Å². The summed E-state index contributed by atoms with van der Waals surface area (Å²) in [5.74, 6) is 0.489. The van der Waals surface area contributed by atoms with Gasteiger partial charge in [-0.15, -0.1) is 0 Å². The Bertz CT molecular complexity index is 1350. The monoisotopic (exact) mass is 563 g/mol. The molecule has 0 heterocycles. The molecule has 196 valence electrons. The van der Waals surface area contributed by atoms with Crippen LogP contribution in [0.3, 0.4) is 0 Å². The maximum absolute atomic E-state index is 13.5. The smallest absolute Gasteiger partial charge is 0.255 e. The number of benzene rings is 3. The molecule has 0 saturated carbocycles. The van der Waals surface area contributed by atoms with E-state index in [2.05, 4.69) is 10.5 Å². The molecule has 3 aromatic rings. The van der Waals surface area contributed by atoms with Gasteiger partial charge in [-0.25, -0.2) is 13.8 Å². The fourth-order valence-electron chi connectivity index (χ4n) is 3.41. The number of amides is 1. The molecule has 37 heavy (non-hydrogen) atoms. The van der Waals surface area contributed by atoms with Gasteiger partial charge < -0.3 is 9.47 Å². The number of nitrogens with one attached hydrogen (secondary N) is 1. The summed E-state index contributed by atoms with van der Waals surface area (Å²) in [5, 5.41) is 4.19. The fourth-order valence-corrected chi connectivity index (χ4v) is 5.54. The number of rotatable bonds is 12. The van der Waals surface area contributed by atoms with Crippen LogP contribution in [0.15, 0.2) is 76.7 Å². The maximum atomic E-state index is 13.5. The predicted molar refractivity (Wildman–Crippen MR) is 145 cm³/mol. The number of carbonyl (C=O) groups is 1. The molecule has 11 heteroatoms. The highest BCUT2D eigenvalue weighted by Gasteiger charge is 2.29. The van der Waals surface area contributed by atoms with Gasteiger partial charge >= 0.3 is 0 Å². The number of halogens is 2. The first-order valence-corrected chi connectivity index (χ1v) is 13.6. The van der Waals surface area contributed by atoms with Gasteiger partial charge in [0.05, 0.1) is 31.5 Å². The molecule has 1 amide bonds. The molecule has 0 bridgehead atoms. The molecule has 0 aliphatic carbocycles. The summed E-state index contributed by atoms with van der Waals surface area (Å²) in [5.41, 5.74) is 3.95. The standard InChI is InChI=1S/C26H27Cl2N3O5S/c1-3-36-23-12-9-20(15-24(23)35-2)17-29-30-26(32)18-31(14-13-19-7-5-4-6-8-19)37(33,34)25-16-21(27)10-11-22(25)28/h4-12,15-17H,3,13-14,18H2,1-2H3,(H,30,32)/b29-17-. The summed E-state index contributed by atoms with van der Waals surface area (Å²) in [6.07, 6.45) is 1.81. The van der Waals surface area contributed by atoms with Crippen molar-refractivity contribution < 1.29 is 22.7 Å².